The van der Waals surface area contributed by atoms with E-state index in [1.165, 1.54) is 12.1 Å². The van der Waals surface area contributed by atoms with Crippen molar-refractivity contribution in [2.75, 3.05) is 11.5 Å². The predicted octanol–water partition coefficient (Wildman–Crippen LogP) is 2.74. The zero-order chi connectivity index (χ0) is 11.5. The summed E-state index contributed by atoms with van der Waals surface area (Å²) in [5.41, 5.74) is 3.52. The zero-order valence-electron chi connectivity index (χ0n) is 8.75. The molecule has 0 spiro atoms. The van der Waals surface area contributed by atoms with Crippen LogP contribution in [0.5, 0.6) is 0 Å². The standard InChI is InChI=1S/C11H14ClFN2S/c12-10-2-1-8(13)5-9(10)11(15-14)7-3-4-16-6-7/h1-2,5,7,11,15H,3-4,6,14H2. The van der Waals surface area contributed by atoms with E-state index in [1.54, 1.807) is 6.07 Å². The molecule has 1 fully saturated rings. The summed E-state index contributed by atoms with van der Waals surface area (Å²) < 4.78 is 13.2. The second kappa shape index (κ2) is 5.36. The lowest BCUT2D eigenvalue weighted by Gasteiger charge is -2.23. The van der Waals surface area contributed by atoms with Gasteiger partial charge in [0, 0.05) is 5.02 Å². The van der Waals surface area contributed by atoms with Gasteiger partial charge in [0.05, 0.1) is 6.04 Å². The number of nitrogens with two attached hydrogens (primary N) is 1. The van der Waals surface area contributed by atoms with Crippen molar-refractivity contribution in [1.82, 2.24) is 5.43 Å². The molecule has 2 rings (SSSR count). The van der Waals surface area contributed by atoms with E-state index in [9.17, 15) is 4.39 Å². The average Bonchev–Trinajstić information content (AvgIpc) is 2.78. The average molecular weight is 261 g/mol. The van der Waals surface area contributed by atoms with Gasteiger partial charge in [-0.3, -0.25) is 11.3 Å². The molecular weight excluding hydrogens is 247 g/mol. The fraction of sp³-hybridized carbons (Fsp3) is 0.455. The maximum atomic E-state index is 13.2. The molecule has 88 valence electrons. The fourth-order valence-electron chi connectivity index (χ4n) is 2.05. The Morgan fingerprint density at radius 3 is 3.00 bits per heavy atom. The second-order valence-corrected chi connectivity index (χ2v) is 5.49. The molecule has 0 bridgehead atoms. The third-order valence-corrected chi connectivity index (χ3v) is 4.44. The Bertz CT molecular complexity index is 369. The first-order valence-electron chi connectivity index (χ1n) is 5.21. The number of benzene rings is 1. The Morgan fingerprint density at radius 1 is 1.56 bits per heavy atom. The van der Waals surface area contributed by atoms with E-state index in [-0.39, 0.29) is 11.9 Å². The van der Waals surface area contributed by atoms with Gasteiger partial charge >= 0.3 is 0 Å². The van der Waals surface area contributed by atoms with Crippen LogP contribution in [-0.4, -0.2) is 11.5 Å². The van der Waals surface area contributed by atoms with Crippen molar-refractivity contribution < 1.29 is 4.39 Å². The highest BCUT2D eigenvalue weighted by Gasteiger charge is 2.27. The van der Waals surface area contributed by atoms with E-state index in [2.05, 4.69) is 5.43 Å². The molecule has 2 unspecified atom stereocenters. The van der Waals surface area contributed by atoms with E-state index in [0.29, 0.717) is 10.9 Å². The Kier molecular flexibility index (Phi) is 4.08. The van der Waals surface area contributed by atoms with Crippen LogP contribution in [0.3, 0.4) is 0 Å². The first-order chi connectivity index (χ1) is 7.72. The summed E-state index contributed by atoms with van der Waals surface area (Å²) in [5.74, 6) is 7.89. The number of hydrazine groups is 1. The molecule has 0 radical (unpaired) electrons. The molecule has 0 aliphatic carbocycles. The van der Waals surface area contributed by atoms with Crippen molar-refractivity contribution >= 4 is 23.4 Å². The summed E-state index contributed by atoms with van der Waals surface area (Å²) >= 11 is 7.98. The zero-order valence-corrected chi connectivity index (χ0v) is 10.3. The molecule has 1 heterocycles. The summed E-state index contributed by atoms with van der Waals surface area (Å²) in [7, 11) is 0. The van der Waals surface area contributed by atoms with E-state index < -0.39 is 0 Å². The van der Waals surface area contributed by atoms with Crippen LogP contribution in [0.2, 0.25) is 5.02 Å². The molecule has 5 heteroatoms. The van der Waals surface area contributed by atoms with Gasteiger partial charge in [0.25, 0.3) is 0 Å². The summed E-state index contributed by atoms with van der Waals surface area (Å²) in [6.07, 6.45) is 1.09. The first-order valence-corrected chi connectivity index (χ1v) is 6.74. The van der Waals surface area contributed by atoms with E-state index in [4.69, 9.17) is 17.4 Å². The molecule has 1 aromatic carbocycles. The molecule has 0 saturated carbocycles. The summed E-state index contributed by atoms with van der Waals surface area (Å²) in [6, 6.07) is 4.36. The minimum atomic E-state index is -0.273. The minimum Gasteiger partial charge on any atom is -0.271 e. The normalized spacial score (nSPS) is 22.3. The van der Waals surface area contributed by atoms with Crippen molar-refractivity contribution in [1.29, 1.82) is 0 Å². The van der Waals surface area contributed by atoms with Gasteiger partial charge in [0.2, 0.25) is 0 Å². The van der Waals surface area contributed by atoms with E-state index in [1.807, 2.05) is 11.8 Å². The van der Waals surface area contributed by atoms with Crippen LogP contribution < -0.4 is 11.3 Å². The Morgan fingerprint density at radius 2 is 2.38 bits per heavy atom. The van der Waals surface area contributed by atoms with E-state index in [0.717, 1.165) is 23.5 Å². The molecule has 2 atom stereocenters. The SMILES string of the molecule is NNC(c1cc(F)ccc1Cl)C1CCSC1. The molecule has 1 aliphatic rings. The van der Waals surface area contributed by atoms with Crippen molar-refractivity contribution in [3.63, 3.8) is 0 Å². The van der Waals surface area contributed by atoms with Gasteiger partial charge < -0.3 is 0 Å². The molecule has 16 heavy (non-hydrogen) atoms. The summed E-state index contributed by atoms with van der Waals surface area (Å²) in [5, 5.41) is 0.571. The van der Waals surface area contributed by atoms with Crippen molar-refractivity contribution in [2.24, 2.45) is 11.8 Å². The number of nitrogens with one attached hydrogen (secondary N) is 1. The van der Waals surface area contributed by atoms with Crippen LogP contribution in [0.25, 0.3) is 0 Å². The van der Waals surface area contributed by atoms with Gasteiger partial charge in [0.15, 0.2) is 0 Å². The Labute approximate surface area is 104 Å². The third-order valence-electron chi connectivity index (χ3n) is 2.91. The van der Waals surface area contributed by atoms with Crippen LogP contribution >= 0.6 is 23.4 Å². The van der Waals surface area contributed by atoms with Gasteiger partial charge in [-0.05, 0) is 47.6 Å². The minimum absolute atomic E-state index is 0.0572. The maximum Gasteiger partial charge on any atom is 0.123 e. The lowest BCUT2D eigenvalue weighted by Crippen LogP contribution is -2.34. The number of halogens is 2. The molecule has 0 aromatic heterocycles. The number of hydrogen-bond donors (Lipinski definition) is 2. The van der Waals surface area contributed by atoms with Gasteiger partial charge in [-0.25, -0.2) is 4.39 Å². The number of hydrogen-bond acceptors (Lipinski definition) is 3. The highest BCUT2D eigenvalue weighted by atomic mass is 35.5. The maximum absolute atomic E-state index is 13.2. The highest BCUT2D eigenvalue weighted by Crippen LogP contribution is 2.36. The van der Waals surface area contributed by atoms with Gasteiger partial charge in [-0.2, -0.15) is 11.8 Å². The highest BCUT2D eigenvalue weighted by molar-refractivity contribution is 7.99. The molecule has 1 aromatic rings. The van der Waals surface area contributed by atoms with Crippen LogP contribution in [-0.2, 0) is 0 Å². The topological polar surface area (TPSA) is 38.0 Å². The smallest absolute Gasteiger partial charge is 0.123 e. The van der Waals surface area contributed by atoms with Gasteiger partial charge in [-0.1, -0.05) is 11.6 Å². The fourth-order valence-corrected chi connectivity index (χ4v) is 3.58. The van der Waals surface area contributed by atoms with E-state index >= 15 is 0 Å². The van der Waals surface area contributed by atoms with Gasteiger partial charge in [0.1, 0.15) is 5.82 Å². The quantitative estimate of drug-likeness (QED) is 0.648. The monoisotopic (exact) mass is 260 g/mol. The predicted molar refractivity (Wildman–Crippen MR) is 66.9 cm³/mol. The lowest BCUT2D eigenvalue weighted by molar-refractivity contribution is 0.399. The molecular formula is C11H14ClFN2S. The molecule has 0 amide bonds. The summed E-state index contributed by atoms with van der Waals surface area (Å²) in [4.78, 5) is 0. The summed E-state index contributed by atoms with van der Waals surface area (Å²) in [6.45, 7) is 0. The van der Waals surface area contributed by atoms with Gasteiger partial charge in [-0.15, -0.1) is 0 Å². The largest absolute Gasteiger partial charge is 0.271 e. The molecule has 3 N–H and O–H groups in total. The number of thioether (sulfide) groups is 1. The van der Waals surface area contributed by atoms with Crippen molar-refractivity contribution in [3.8, 4) is 0 Å². The first kappa shape index (κ1) is 12.2. The van der Waals surface area contributed by atoms with Crippen LogP contribution in [0.4, 0.5) is 4.39 Å². The molecule has 2 nitrogen and oxygen atoms in total. The lowest BCUT2D eigenvalue weighted by atomic mass is 9.93. The second-order valence-electron chi connectivity index (χ2n) is 3.93. The van der Waals surface area contributed by atoms with Crippen LogP contribution in [0.1, 0.15) is 18.0 Å². The van der Waals surface area contributed by atoms with Crippen LogP contribution in [0, 0.1) is 11.7 Å². The molecule has 1 saturated heterocycles. The van der Waals surface area contributed by atoms with Crippen LogP contribution in [0.15, 0.2) is 18.2 Å². The molecule has 1 aliphatic heterocycles. The number of rotatable bonds is 3. The van der Waals surface area contributed by atoms with Crippen molar-refractivity contribution in [3.05, 3.63) is 34.6 Å². The third kappa shape index (κ3) is 2.51. The Balaban J connectivity index is 2.28. The van der Waals surface area contributed by atoms with Crippen molar-refractivity contribution in [2.45, 2.75) is 12.5 Å². The Hall–Kier alpha value is -0.290.